The molecule has 0 bridgehead atoms. The van der Waals surface area contributed by atoms with Crippen LogP contribution in [-0.2, 0) is 20.8 Å². The van der Waals surface area contributed by atoms with E-state index in [1.165, 1.54) is 48.9 Å². The van der Waals surface area contributed by atoms with Crippen molar-refractivity contribution in [2.45, 2.75) is 129 Å². The van der Waals surface area contributed by atoms with Crippen molar-refractivity contribution in [3.05, 3.63) is 33.1 Å². The van der Waals surface area contributed by atoms with Crippen molar-refractivity contribution in [3.8, 4) is 0 Å². The Kier molecular flexibility index (Phi) is 14.1. The zero-order chi connectivity index (χ0) is 26.3. The molecule has 1 saturated heterocycles. The Morgan fingerprint density at radius 2 is 1.61 bits per heavy atom. The molecule has 0 amide bonds. The highest BCUT2D eigenvalue weighted by atomic mass is 16.5. The highest BCUT2D eigenvalue weighted by Gasteiger charge is 2.28. The number of unbranched alkanes of at least 4 members (excludes halogenated alkanes) is 8. The fourth-order valence-corrected chi connectivity index (χ4v) is 4.89. The molecule has 0 spiro atoms. The highest BCUT2D eigenvalue weighted by molar-refractivity contribution is 5.69. The molecule has 2 rings (SSSR count). The van der Waals surface area contributed by atoms with Crippen LogP contribution < -0.4 is 11.2 Å². The Bertz CT molecular complexity index is 879. The summed E-state index contributed by atoms with van der Waals surface area (Å²) >= 11 is 0. The summed E-state index contributed by atoms with van der Waals surface area (Å²) < 4.78 is 14.3. The number of esters is 1. The molecule has 36 heavy (non-hydrogen) atoms. The van der Waals surface area contributed by atoms with Gasteiger partial charge in [-0.25, -0.2) is 9.36 Å². The van der Waals surface area contributed by atoms with E-state index in [4.69, 9.17) is 9.47 Å². The van der Waals surface area contributed by atoms with Crippen molar-refractivity contribution in [3.63, 3.8) is 0 Å². The van der Waals surface area contributed by atoms with Gasteiger partial charge in [-0.3, -0.25) is 14.2 Å². The lowest BCUT2D eigenvalue weighted by molar-refractivity contribution is -0.150. The smallest absolute Gasteiger partial charge is 0.333 e. The largest absolute Gasteiger partial charge is 0.461 e. The van der Waals surface area contributed by atoms with Crippen LogP contribution >= 0.6 is 0 Å². The molecule has 3 atom stereocenters. The van der Waals surface area contributed by atoms with E-state index in [0.29, 0.717) is 6.42 Å². The fourth-order valence-electron chi connectivity index (χ4n) is 4.89. The number of rotatable bonds is 18. The van der Waals surface area contributed by atoms with Crippen LogP contribution in [0.3, 0.4) is 0 Å². The molecule has 1 fully saturated rings. The third-order valence-corrected chi connectivity index (χ3v) is 6.90. The van der Waals surface area contributed by atoms with E-state index in [-0.39, 0.29) is 18.8 Å². The van der Waals surface area contributed by atoms with Crippen LogP contribution in [0.4, 0.5) is 0 Å². The normalized spacial score (nSPS) is 18.6. The average Bonchev–Trinajstić information content (AvgIpc) is 3.28. The predicted octanol–water partition coefficient (Wildman–Crippen LogP) is 4.88. The highest BCUT2D eigenvalue weighted by Crippen LogP contribution is 2.27. The molecule has 2 heterocycles. The number of carbonyl (C=O) groups is 1. The lowest BCUT2D eigenvalue weighted by Gasteiger charge is -2.20. The molecule has 0 aromatic carbocycles. The van der Waals surface area contributed by atoms with Gasteiger partial charge in [0.05, 0.1) is 6.10 Å². The van der Waals surface area contributed by atoms with Gasteiger partial charge in [0, 0.05) is 18.8 Å². The number of ether oxygens (including phenoxy) is 2. The summed E-state index contributed by atoms with van der Waals surface area (Å²) in [5.74, 6) is -0.517. The molecule has 1 aromatic rings. The first-order valence-electron chi connectivity index (χ1n) is 14.2. The summed E-state index contributed by atoms with van der Waals surface area (Å²) in [6.07, 6.45) is 15.7. The van der Waals surface area contributed by atoms with E-state index < -0.39 is 23.4 Å². The Morgan fingerprint density at radius 1 is 1.00 bits per heavy atom. The van der Waals surface area contributed by atoms with Gasteiger partial charge >= 0.3 is 11.7 Å². The average molecular weight is 508 g/mol. The van der Waals surface area contributed by atoms with E-state index in [2.05, 4.69) is 18.7 Å². The molecule has 8 nitrogen and oxygen atoms in total. The van der Waals surface area contributed by atoms with E-state index in [1.807, 2.05) is 14.1 Å². The van der Waals surface area contributed by atoms with Gasteiger partial charge in [0.1, 0.15) is 18.9 Å². The molecule has 206 valence electrons. The number of nitrogens with zero attached hydrogens (tertiary/aromatic N) is 3. The van der Waals surface area contributed by atoms with Crippen molar-refractivity contribution in [1.82, 2.24) is 14.0 Å². The second-order valence-electron chi connectivity index (χ2n) is 10.5. The summed E-state index contributed by atoms with van der Waals surface area (Å²) in [5.41, 5.74) is -1.02. The summed E-state index contributed by atoms with van der Waals surface area (Å²) in [7, 11) is 3.97. The third-order valence-electron chi connectivity index (χ3n) is 6.90. The molecule has 0 aliphatic carbocycles. The molecule has 8 heteroatoms. The van der Waals surface area contributed by atoms with Crippen LogP contribution in [0, 0.1) is 0 Å². The first-order chi connectivity index (χ1) is 17.3. The minimum Gasteiger partial charge on any atom is -0.461 e. The van der Waals surface area contributed by atoms with Crippen molar-refractivity contribution in [1.29, 1.82) is 0 Å². The molecule has 0 saturated carbocycles. The van der Waals surface area contributed by atoms with Gasteiger partial charge < -0.3 is 14.4 Å². The van der Waals surface area contributed by atoms with Gasteiger partial charge in [-0.05, 0) is 52.6 Å². The summed E-state index contributed by atoms with van der Waals surface area (Å²) in [4.78, 5) is 40.5. The van der Waals surface area contributed by atoms with Crippen molar-refractivity contribution < 1.29 is 14.3 Å². The van der Waals surface area contributed by atoms with E-state index in [9.17, 15) is 14.4 Å². The Balaban J connectivity index is 1.98. The summed E-state index contributed by atoms with van der Waals surface area (Å²) in [6.45, 7) is 4.79. The summed E-state index contributed by atoms with van der Waals surface area (Å²) in [5, 5.41) is 0. The quantitative estimate of drug-likeness (QED) is 0.208. The Morgan fingerprint density at radius 3 is 2.25 bits per heavy atom. The van der Waals surface area contributed by atoms with Crippen LogP contribution in [-0.4, -0.2) is 52.9 Å². The molecule has 0 radical (unpaired) electrons. The lowest BCUT2D eigenvalue weighted by atomic mass is 10.0. The molecular formula is C28H49N3O5. The second kappa shape index (κ2) is 16.7. The first kappa shape index (κ1) is 30.3. The maximum absolute atomic E-state index is 13.1. The first-order valence-corrected chi connectivity index (χ1v) is 14.2. The minimum absolute atomic E-state index is 0.0395. The SMILES string of the molecule is CCCCCCCCC(CCCCCC)OC(=O)Cn1c(=O)ccn([C@H]2CC[C@@H](CN(C)C)O2)c1=O. The zero-order valence-electron chi connectivity index (χ0n) is 23.1. The molecule has 1 aliphatic rings. The molecule has 0 N–H and O–H groups in total. The van der Waals surface area contributed by atoms with Crippen LogP contribution in [0.1, 0.15) is 110 Å². The molecule has 1 aromatic heterocycles. The number of likely N-dealkylation sites (N-methyl/N-ethyl adjacent to an activating group) is 1. The van der Waals surface area contributed by atoms with E-state index >= 15 is 0 Å². The fraction of sp³-hybridized carbons (Fsp3) is 0.821. The summed E-state index contributed by atoms with van der Waals surface area (Å²) in [6, 6.07) is 1.33. The third kappa shape index (κ3) is 10.6. The Labute approximate surface area is 217 Å². The van der Waals surface area contributed by atoms with Crippen LogP contribution in [0.25, 0.3) is 0 Å². The van der Waals surface area contributed by atoms with Crippen LogP contribution in [0.15, 0.2) is 21.9 Å². The van der Waals surface area contributed by atoms with Crippen LogP contribution in [0.5, 0.6) is 0 Å². The van der Waals surface area contributed by atoms with Crippen LogP contribution in [0.2, 0.25) is 0 Å². The number of aromatic nitrogens is 2. The topological polar surface area (TPSA) is 82.8 Å². The van der Waals surface area contributed by atoms with Gasteiger partial charge in [0.2, 0.25) is 0 Å². The molecule has 1 aliphatic heterocycles. The van der Waals surface area contributed by atoms with E-state index in [1.54, 1.807) is 0 Å². The van der Waals surface area contributed by atoms with Crippen molar-refractivity contribution >= 4 is 5.97 Å². The number of hydrogen-bond acceptors (Lipinski definition) is 6. The predicted molar refractivity (Wildman–Crippen MR) is 143 cm³/mol. The maximum Gasteiger partial charge on any atom is 0.333 e. The molecular weight excluding hydrogens is 458 g/mol. The standard InChI is InChI=1S/C28H49N3O5/c1-5-7-9-11-12-14-16-23(15-13-10-8-6-2)36-27(33)22-31-25(32)19-20-30(28(31)34)26-18-17-24(35-26)21-29(3)4/h19-20,23-24,26H,5-18,21-22H2,1-4H3/t23?,24-,26+/m0/s1. The Hall–Kier alpha value is -1.93. The second-order valence-corrected chi connectivity index (χ2v) is 10.5. The van der Waals surface area contributed by atoms with Crippen molar-refractivity contribution in [2.75, 3.05) is 20.6 Å². The van der Waals surface area contributed by atoms with Gasteiger partial charge in [0.25, 0.3) is 5.56 Å². The lowest BCUT2D eigenvalue weighted by Crippen LogP contribution is -2.42. The maximum atomic E-state index is 13.1. The van der Waals surface area contributed by atoms with Gasteiger partial charge in [-0.2, -0.15) is 0 Å². The monoisotopic (exact) mass is 507 g/mol. The van der Waals surface area contributed by atoms with Crippen molar-refractivity contribution in [2.24, 2.45) is 0 Å². The van der Waals surface area contributed by atoms with Gasteiger partial charge in [0.15, 0.2) is 0 Å². The molecule has 1 unspecified atom stereocenters. The van der Waals surface area contributed by atoms with E-state index in [0.717, 1.165) is 62.5 Å². The zero-order valence-corrected chi connectivity index (χ0v) is 23.1. The number of carbonyl (C=O) groups excluding carboxylic acids is 1. The van der Waals surface area contributed by atoms with Gasteiger partial charge in [-0.1, -0.05) is 65.2 Å². The number of hydrogen-bond donors (Lipinski definition) is 0. The van der Waals surface area contributed by atoms with Gasteiger partial charge in [-0.15, -0.1) is 0 Å². The minimum atomic E-state index is -0.523.